The molecule has 1 N–H and O–H groups in total. The van der Waals surface area contributed by atoms with Crippen molar-refractivity contribution >= 4 is 39.2 Å². The third-order valence-corrected chi connectivity index (χ3v) is 5.67. The highest BCUT2D eigenvalue weighted by Crippen LogP contribution is 2.32. The normalized spacial score (nSPS) is 20.4. The Kier molecular flexibility index (Phi) is 4.74. The van der Waals surface area contributed by atoms with Crippen LogP contribution in [0.4, 0.5) is 4.39 Å². The van der Waals surface area contributed by atoms with Crippen LogP contribution in [-0.2, 0) is 19.6 Å². The van der Waals surface area contributed by atoms with Gasteiger partial charge in [-0.25, -0.2) is 12.8 Å². The molecule has 0 aliphatic carbocycles. The molecule has 1 atom stereocenters. The highest BCUT2D eigenvalue weighted by atomic mass is 35.5. The van der Waals surface area contributed by atoms with E-state index in [9.17, 15) is 17.6 Å². The van der Waals surface area contributed by atoms with Crippen molar-refractivity contribution in [2.45, 2.75) is 10.9 Å². The smallest absolute Gasteiger partial charge is 0.324 e. The van der Waals surface area contributed by atoms with Gasteiger partial charge < -0.3 is 9.84 Å². The fourth-order valence-electron chi connectivity index (χ4n) is 1.90. The second-order valence-corrected chi connectivity index (χ2v) is 6.86. The van der Waals surface area contributed by atoms with Crippen LogP contribution in [0.1, 0.15) is 0 Å². The van der Waals surface area contributed by atoms with Crippen LogP contribution in [0.15, 0.2) is 17.0 Å². The maximum atomic E-state index is 13.7. The summed E-state index contributed by atoms with van der Waals surface area (Å²) in [5, 5.41) is 8.08. The third-order valence-electron chi connectivity index (χ3n) is 2.95. The van der Waals surface area contributed by atoms with E-state index in [4.69, 9.17) is 33.0 Å². The summed E-state index contributed by atoms with van der Waals surface area (Å²) in [4.78, 5) is 10.6. The topological polar surface area (TPSA) is 83.9 Å². The van der Waals surface area contributed by atoms with Crippen molar-refractivity contribution in [2.24, 2.45) is 0 Å². The monoisotopic (exact) mass is 357 g/mol. The van der Waals surface area contributed by atoms with Crippen LogP contribution in [0.3, 0.4) is 0 Å². The first kappa shape index (κ1) is 16.4. The van der Waals surface area contributed by atoms with Crippen LogP contribution in [-0.4, -0.2) is 49.6 Å². The lowest BCUT2D eigenvalue weighted by Crippen LogP contribution is -2.52. The predicted octanol–water partition coefficient (Wildman–Crippen LogP) is 1.61. The molecule has 1 fully saturated rings. The van der Waals surface area contributed by atoms with Gasteiger partial charge in [-0.05, 0) is 12.1 Å². The zero-order chi connectivity index (χ0) is 15.8. The van der Waals surface area contributed by atoms with E-state index >= 15 is 0 Å². The first-order valence-corrected chi connectivity index (χ1v) is 7.92. The molecule has 0 saturated carbocycles. The van der Waals surface area contributed by atoms with E-state index in [0.29, 0.717) is 0 Å². The number of nitrogens with zero attached hydrogens (tertiary/aromatic N) is 1. The summed E-state index contributed by atoms with van der Waals surface area (Å²) in [7, 11) is -4.28. The van der Waals surface area contributed by atoms with Crippen molar-refractivity contribution in [1.82, 2.24) is 4.31 Å². The Morgan fingerprint density at radius 2 is 2.10 bits per heavy atom. The molecule has 0 amide bonds. The minimum absolute atomic E-state index is 0.0384. The lowest BCUT2D eigenvalue weighted by Gasteiger charge is -2.32. The number of benzene rings is 1. The average molecular weight is 358 g/mol. The molecule has 0 radical (unpaired) electrons. The minimum atomic E-state index is -4.28. The molecule has 2 rings (SSSR count). The Morgan fingerprint density at radius 1 is 1.43 bits per heavy atom. The molecule has 1 heterocycles. The van der Waals surface area contributed by atoms with Crippen LogP contribution >= 0.6 is 23.2 Å². The number of carboxylic acids is 1. The van der Waals surface area contributed by atoms with Gasteiger partial charge in [0.1, 0.15) is 10.9 Å². The van der Waals surface area contributed by atoms with Gasteiger partial charge in [0, 0.05) is 6.54 Å². The highest BCUT2D eigenvalue weighted by molar-refractivity contribution is 7.89. The Hall–Kier alpha value is -0.930. The van der Waals surface area contributed by atoms with Crippen LogP contribution < -0.4 is 0 Å². The summed E-state index contributed by atoms with van der Waals surface area (Å²) >= 11 is 11.2. The van der Waals surface area contributed by atoms with Crippen molar-refractivity contribution in [1.29, 1.82) is 0 Å². The standard InChI is InChI=1S/C11H10Cl2FNO5S/c12-6-1-2-8(9(13)10(6)14)21(18,19)15-3-4-20-5-7(15)11(16)17/h1-2,7H,3-5H2,(H,16,17). The largest absolute Gasteiger partial charge is 0.480 e. The number of ether oxygens (including phenoxy) is 1. The summed E-state index contributed by atoms with van der Waals surface area (Å²) in [5.41, 5.74) is 0. The van der Waals surface area contributed by atoms with Crippen LogP contribution in [0.2, 0.25) is 10.0 Å². The number of morpholine rings is 1. The molecule has 0 spiro atoms. The molecule has 1 aromatic carbocycles. The van der Waals surface area contributed by atoms with Gasteiger partial charge in [-0.1, -0.05) is 23.2 Å². The van der Waals surface area contributed by atoms with Gasteiger partial charge in [0.2, 0.25) is 10.0 Å². The first-order chi connectivity index (χ1) is 9.76. The van der Waals surface area contributed by atoms with E-state index in [1.165, 1.54) is 0 Å². The fraction of sp³-hybridized carbons (Fsp3) is 0.364. The van der Waals surface area contributed by atoms with Crippen molar-refractivity contribution in [3.8, 4) is 0 Å². The number of hydrogen-bond donors (Lipinski definition) is 1. The van der Waals surface area contributed by atoms with Gasteiger partial charge in [-0.15, -0.1) is 0 Å². The summed E-state index contributed by atoms with van der Waals surface area (Å²) in [6.07, 6.45) is 0. The van der Waals surface area contributed by atoms with E-state index in [0.717, 1.165) is 16.4 Å². The third kappa shape index (κ3) is 3.00. The Morgan fingerprint density at radius 3 is 2.71 bits per heavy atom. The van der Waals surface area contributed by atoms with E-state index in [-0.39, 0.29) is 24.8 Å². The van der Waals surface area contributed by atoms with Gasteiger partial charge in [0.25, 0.3) is 0 Å². The summed E-state index contributed by atoms with van der Waals surface area (Å²) in [6, 6.07) is 0.696. The number of aliphatic carboxylic acids is 1. The van der Waals surface area contributed by atoms with Gasteiger partial charge in [-0.3, -0.25) is 4.79 Å². The van der Waals surface area contributed by atoms with E-state index in [2.05, 4.69) is 0 Å². The molecule has 1 aliphatic rings. The summed E-state index contributed by atoms with van der Waals surface area (Å²) in [6.45, 7) is -0.418. The lowest BCUT2D eigenvalue weighted by molar-refractivity contribution is -0.146. The number of halogens is 3. The second kappa shape index (κ2) is 6.05. The van der Waals surface area contributed by atoms with Crippen LogP contribution in [0.25, 0.3) is 0 Å². The molecule has 1 saturated heterocycles. The molecule has 21 heavy (non-hydrogen) atoms. The SMILES string of the molecule is O=C(O)C1COCCN1S(=O)(=O)c1ccc(Cl)c(F)c1Cl. The first-order valence-electron chi connectivity index (χ1n) is 5.72. The number of rotatable bonds is 3. The Bertz CT molecular complexity index is 681. The van der Waals surface area contributed by atoms with E-state index < -0.39 is 37.8 Å². The molecule has 0 aromatic heterocycles. The van der Waals surface area contributed by atoms with Gasteiger partial charge in [-0.2, -0.15) is 4.31 Å². The van der Waals surface area contributed by atoms with Gasteiger partial charge in [0.15, 0.2) is 5.82 Å². The average Bonchev–Trinajstić information content (AvgIpc) is 2.44. The van der Waals surface area contributed by atoms with Crippen molar-refractivity contribution in [3.05, 3.63) is 28.0 Å². The number of carbonyl (C=O) groups is 1. The van der Waals surface area contributed by atoms with Crippen molar-refractivity contribution in [3.63, 3.8) is 0 Å². The molecule has 1 aliphatic heterocycles. The zero-order valence-electron chi connectivity index (χ0n) is 10.4. The maximum absolute atomic E-state index is 13.7. The number of carboxylic acid groups (broad SMARTS) is 1. The molecule has 0 bridgehead atoms. The Balaban J connectivity index is 2.51. The predicted molar refractivity (Wildman–Crippen MR) is 72.6 cm³/mol. The van der Waals surface area contributed by atoms with E-state index in [1.54, 1.807) is 0 Å². The lowest BCUT2D eigenvalue weighted by atomic mass is 10.3. The quantitative estimate of drug-likeness (QED) is 0.830. The number of hydrogen-bond acceptors (Lipinski definition) is 4. The molecule has 10 heteroatoms. The maximum Gasteiger partial charge on any atom is 0.324 e. The summed E-state index contributed by atoms with van der Waals surface area (Å²) in [5.74, 6) is -2.43. The van der Waals surface area contributed by atoms with Crippen molar-refractivity contribution in [2.75, 3.05) is 19.8 Å². The molecule has 1 unspecified atom stereocenters. The molecular weight excluding hydrogens is 348 g/mol. The zero-order valence-corrected chi connectivity index (χ0v) is 12.8. The molecule has 116 valence electrons. The van der Waals surface area contributed by atoms with Crippen LogP contribution in [0.5, 0.6) is 0 Å². The van der Waals surface area contributed by atoms with Crippen LogP contribution in [0, 0.1) is 5.82 Å². The van der Waals surface area contributed by atoms with Crippen molar-refractivity contribution < 1.29 is 27.4 Å². The number of sulfonamides is 1. The molecule has 1 aromatic rings. The van der Waals surface area contributed by atoms with Gasteiger partial charge in [0.05, 0.1) is 23.3 Å². The summed E-state index contributed by atoms with van der Waals surface area (Å²) < 4.78 is 44.3. The van der Waals surface area contributed by atoms with E-state index in [1.807, 2.05) is 0 Å². The second-order valence-electron chi connectivity index (χ2n) is 4.22. The molecule has 6 nitrogen and oxygen atoms in total. The molecular formula is C11H10Cl2FNO5S. The minimum Gasteiger partial charge on any atom is -0.480 e. The fourth-order valence-corrected chi connectivity index (χ4v) is 4.18. The highest BCUT2D eigenvalue weighted by Gasteiger charge is 2.39. The Labute approximate surface area is 130 Å². The van der Waals surface area contributed by atoms with Gasteiger partial charge >= 0.3 is 5.97 Å².